The van der Waals surface area contributed by atoms with Gasteiger partial charge in [0.2, 0.25) is 0 Å². The molecule has 0 radical (unpaired) electrons. The van der Waals surface area contributed by atoms with Gasteiger partial charge in [-0.2, -0.15) is 0 Å². The molecule has 2 aliphatic rings. The highest BCUT2D eigenvalue weighted by molar-refractivity contribution is 5.94. The van der Waals surface area contributed by atoms with Crippen molar-refractivity contribution >= 4 is 5.91 Å². The highest BCUT2D eigenvalue weighted by Crippen LogP contribution is 2.34. The molecule has 1 amide bonds. The van der Waals surface area contributed by atoms with E-state index in [9.17, 15) is 9.90 Å². The van der Waals surface area contributed by atoms with Crippen LogP contribution in [-0.4, -0.2) is 55.4 Å². The summed E-state index contributed by atoms with van der Waals surface area (Å²) in [7, 11) is 1.47. The van der Waals surface area contributed by atoms with E-state index in [4.69, 9.17) is 18.9 Å². The molecule has 2 heterocycles. The van der Waals surface area contributed by atoms with Gasteiger partial charge in [0.05, 0.1) is 6.61 Å². The maximum absolute atomic E-state index is 12.6. The highest BCUT2D eigenvalue weighted by atomic mass is 16.7. The molecular formula is C21H23NO6. The molecule has 2 saturated heterocycles. The number of nitrogens with one attached hydrogen (secondary N) is 1. The third kappa shape index (κ3) is 3.80. The maximum Gasteiger partial charge on any atom is 0.251 e. The Labute approximate surface area is 163 Å². The minimum atomic E-state index is -1.02. The number of aliphatic hydroxyl groups excluding tert-OH is 1. The number of aliphatic hydroxyl groups is 1. The van der Waals surface area contributed by atoms with Crippen molar-refractivity contribution in [2.24, 2.45) is 0 Å². The lowest BCUT2D eigenvalue weighted by molar-refractivity contribution is -0.340. The van der Waals surface area contributed by atoms with Crippen LogP contribution in [0.15, 0.2) is 60.7 Å². The van der Waals surface area contributed by atoms with E-state index >= 15 is 0 Å². The molecule has 7 nitrogen and oxygen atoms in total. The van der Waals surface area contributed by atoms with Gasteiger partial charge in [-0.3, -0.25) is 4.79 Å². The summed E-state index contributed by atoms with van der Waals surface area (Å²) in [6.45, 7) is 0.250. The summed E-state index contributed by atoms with van der Waals surface area (Å²) in [5.74, 6) is -0.319. The summed E-state index contributed by atoms with van der Waals surface area (Å²) < 4.78 is 23.0. The molecule has 2 aliphatic heterocycles. The molecule has 0 aliphatic carbocycles. The first-order valence-electron chi connectivity index (χ1n) is 9.21. The number of carbonyl (C=O) groups is 1. The van der Waals surface area contributed by atoms with E-state index < -0.39 is 36.9 Å². The van der Waals surface area contributed by atoms with Gasteiger partial charge in [-0.1, -0.05) is 48.5 Å². The molecule has 2 aromatic rings. The molecule has 6 atom stereocenters. The van der Waals surface area contributed by atoms with Gasteiger partial charge in [0.25, 0.3) is 5.91 Å². The molecule has 28 heavy (non-hydrogen) atoms. The Morgan fingerprint density at radius 2 is 1.75 bits per heavy atom. The molecule has 148 valence electrons. The van der Waals surface area contributed by atoms with Gasteiger partial charge < -0.3 is 29.4 Å². The van der Waals surface area contributed by atoms with E-state index in [0.29, 0.717) is 5.56 Å². The van der Waals surface area contributed by atoms with E-state index in [1.54, 1.807) is 24.3 Å². The number of methoxy groups -OCH3 is 1. The van der Waals surface area contributed by atoms with Crippen molar-refractivity contribution in [3.8, 4) is 0 Å². The molecule has 4 rings (SSSR count). The lowest BCUT2D eigenvalue weighted by Crippen LogP contribution is -2.66. The van der Waals surface area contributed by atoms with Crippen molar-refractivity contribution in [2.75, 3.05) is 13.7 Å². The Morgan fingerprint density at radius 1 is 1.07 bits per heavy atom. The zero-order valence-electron chi connectivity index (χ0n) is 15.4. The number of hydrogen-bond acceptors (Lipinski definition) is 6. The first-order chi connectivity index (χ1) is 13.7. The summed E-state index contributed by atoms with van der Waals surface area (Å²) >= 11 is 0. The van der Waals surface area contributed by atoms with Crippen molar-refractivity contribution in [2.45, 2.75) is 36.9 Å². The summed E-state index contributed by atoms with van der Waals surface area (Å²) in [5.41, 5.74) is 1.34. The third-order valence-electron chi connectivity index (χ3n) is 5.00. The van der Waals surface area contributed by atoms with Crippen LogP contribution in [0.5, 0.6) is 0 Å². The molecule has 0 bridgehead atoms. The normalized spacial score (nSPS) is 32.4. The van der Waals surface area contributed by atoms with Gasteiger partial charge in [-0.05, 0) is 12.1 Å². The average molecular weight is 385 g/mol. The van der Waals surface area contributed by atoms with Gasteiger partial charge in [-0.25, -0.2) is 0 Å². The first-order valence-corrected chi connectivity index (χ1v) is 9.21. The van der Waals surface area contributed by atoms with Crippen molar-refractivity contribution in [1.82, 2.24) is 5.32 Å². The molecule has 0 saturated carbocycles. The lowest BCUT2D eigenvalue weighted by atomic mass is 9.95. The molecule has 2 N–H and O–H groups in total. The molecule has 2 fully saturated rings. The summed E-state index contributed by atoms with van der Waals surface area (Å²) in [5, 5.41) is 13.8. The smallest absolute Gasteiger partial charge is 0.251 e. The monoisotopic (exact) mass is 385 g/mol. The van der Waals surface area contributed by atoms with E-state index in [-0.39, 0.29) is 12.5 Å². The Bertz CT molecular complexity index is 786. The molecule has 0 unspecified atom stereocenters. The van der Waals surface area contributed by atoms with Crippen molar-refractivity contribution in [3.05, 3.63) is 71.8 Å². The van der Waals surface area contributed by atoms with Crippen LogP contribution >= 0.6 is 0 Å². The van der Waals surface area contributed by atoms with Gasteiger partial charge in [0, 0.05) is 18.2 Å². The van der Waals surface area contributed by atoms with Crippen LogP contribution in [0, 0.1) is 0 Å². The van der Waals surface area contributed by atoms with Crippen LogP contribution in [0.3, 0.4) is 0 Å². The highest BCUT2D eigenvalue weighted by Gasteiger charge is 2.50. The predicted octanol–water partition coefficient (Wildman–Crippen LogP) is 1.63. The van der Waals surface area contributed by atoms with Gasteiger partial charge in [0.15, 0.2) is 12.6 Å². The van der Waals surface area contributed by atoms with Gasteiger partial charge in [0.1, 0.15) is 24.4 Å². The first kappa shape index (κ1) is 19.0. The second-order valence-corrected chi connectivity index (χ2v) is 6.81. The average Bonchev–Trinajstić information content (AvgIpc) is 2.76. The Kier molecular flexibility index (Phi) is 5.70. The lowest BCUT2D eigenvalue weighted by Gasteiger charge is -2.47. The quantitative estimate of drug-likeness (QED) is 0.832. The van der Waals surface area contributed by atoms with Crippen molar-refractivity contribution in [3.63, 3.8) is 0 Å². The Balaban J connectivity index is 1.50. The fourth-order valence-electron chi connectivity index (χ4n) is 3.55. The van der Waals surface area contributed by atoms with Gasteiger partial charge >= 0.3 is 0 Å². The largest absolute Gasteiger partial charge is 0.388 e. The van der Waals surface area contributed by atoms with Crippen LogP contribution in [-0.2, 0) is 18.9 Å². The minimum absolute atomic E-state index is 0.250. The summed E-state index contributed by atoms with van der Waals surface area (Å²) in [4.78, 5) is 12.6. The van der Waals surface area contributed by atoms with Crippen LogP contribution in [0.2, 0.25) is 0 Å². The number of fused-ring (bicyclic) bond motifs is 1. The number of benzene rings is 2. The summed E-state index contributed by atoms with van der Waals surface area (Å²) in [6.07, 6.45) is -3.60. The molecule has 0 spiro atoms. The number of carbonyl (C=O) groups excluding carboxylic acids is 1. The second kappa shape index (κ2) is 8.38. The number of amides is 1. The Morgan fingerprint density at radius 3 is 2.43 bits per heavy atom. The fraction of sp³-hybridized carbons (Fsp3) is 0.381. The van der Waals surface area contributed by atoms with Crippen molar-refractivity contribution < 1.29 is 28.8 Å². The number of hydrogen-bond donors (Lipinski definition) is 2. The minimum Gasteiger partial charge on any atom is -0.388 e. The SMILES string of the molecule is CO[C@H]1O[C@@H]2CO[C@H](c3ccccc3)O[C@H]2[C@@H](O)[C@@H]1NC(=O)c1ccccc1. The molecule has 0 aromatic heterocycles. The predicted molar refractivity (Wildman–Crippen MR) is 99.4 cm³/mol. The van der Waals surface area contributed by atoms with Crippen LogP contribution < -0.4 is 5.32 Å². The van der Waals surface area contributed by atoms with E-state index in [0.717, 1.165) is 5.56 Å². The number of rotatable bonds is 4. The van der Waals surface area contributed by atoms with E-state index in [1.165, 1.54) is 7.11 Å². The second-order valence-electron chi connectivity index (χ2n) is 6.81. The van der Waals surface area contributed by atoms with E-state index in [1.807, 2.05) is 36.4 Å². The zero-order valence-corrected chi connectivity index (χ0v) is 15.4. The zero-order chi connectivity index (χ0) is 19.5. The molecular weight excluding hydrogens is 362 g/mol. The van der Waals surface area contributed by atoms with Crippen LogP contribution in [0.1, 0.15) is 22.2 Å². The maximum atomic E-state index is 12.6. The summed E-state index contributed by atoms with van der Waals surface area (Å²) in [6, 6.07) is 17.5. The number of ether oxygens (including phenoxy) is 4. The van der Waals surface area contributed by atoms with Crippen LogP contribution in [0.25, 0.3) is 0 Å². The molecule has 2 aromatic carbocycles. The van der Waals surface area contributed by atoms with E-state index in [2.05, 4.69) is 5.32 Å². The van der Waals surface area contributed by atoms with Crippen LogP contribution in [0.4, 0.5) is 0 Å². The topological polar surface area (TPSA) is 86.2 Å². The third-order valence-corrected chi connectivity index (χ3v) is 5.00. The molecule has 7 heteroatoms. The Hall–Kier alpha value is -2.29. The van der Waals surface area contributed by atoms with Crippen molar-refractivity contribution in [1.29, 1.82) is 0 Å². The fourth-order valence-corrected chi connectivity index (χ4v) is 3.55. The van der Waals surface area contributed by atoms with Gasteiger partial charge in [-0.15, -0.1) is 0 Å². The standard InChI is InChI=1S/C21H23NO6/c1-25-21-16(22-19(24)13-8-4-2-5-9-13)17(23)18-15(27-21)12-26-20(28-18)14-10-6-3-7-11-14/h2-11,15-18,20-21,23H,12H2,1H3,(H,22,24)/t15-,16+,17+,18-,20+,21+/m1/s1.